The first kappa shape index (κ1) is 17.7. The first-order chi connectivity index (χ1) is 13.6. The van der Waals surface area contributed by atoms with Crippen LogP contribution in [0.25, 0.3) is 17.2 Å². The Hall–Kier alpha value is -3.65. The Morgan fingerprint density at radius 1 is 1.11 bits per heavy atom. The summed E-state index contributed by atoms with van der Waals surface area (Å²) >= 11 is 5.94. The molecule has 0 aliphatic rings. The van der Waals surface area contributed by atoms with Crippen LogP contribution in [-0.4, -0.2) is 32.1 Å². The van der Waals surface area contributed by atoms with Gasteiger partial charge in [0.1, 0.15) is 12.1 Å². The largest absolute Gasteiger partial charge is 0.497 e. The van der Waals surface area contributed by atoms with Gasteiger partial charge in [-0.25, -0.2) is 4.98 Å². The van der Waals surface area contributed by atoms with E-state index in [1.165, 1.54) is 17.1 Å². The van der Waals surface area contributed by atoms with Crippen molar-refractivity contribution in [2.75, 3.05) is 12.4 Å². The number of aromatic amines is 1. The zero-order valence-electron chi connectivity index (χ0n) is 14.8. The summed E-state index contributed by atoms with van der Waals surface area (Å²) in [5.41, 5.74) is 2.00. The van der Waals surface area contributed by atoms with Crippen LogP contribution >= 0.6 is 11.6 Å². The molecule has 2 heterocycles. The summed E-state index contributed by atoms with van der Waals surface area (Å²) in [4.78, 5) is 16.9. The van der Waals surface area contributed by atoms with Gasteiger partial charge in [-0.05, 0) is 48.5 Å². The molecule has 2 aromatic carbocycles. The lowest BCUT2D eigenvalue weighted by Gasteiger charge is -2.13. The lowest BCUT2D eigenvalue weighted by molar-refractivity contribution is 0.415. The van der Waals surface area contributed by atoms with Crippen molar-refractivity contribution in [3.63, 3.8) is 0 Å². The summed E-state index contributed by atoms with van der Waals surface area (Å²) in [7, 11) is 1.60. The average Bonchev–Trinajstić information content (AvgIpc) is 3.24. The summed E-state index contributed by atoms with van der Waals surface area (Å²) in [5, 5.41) is 14.9. The highest BCUT2D eigenvalue weighted by Crippen LogP contribution is 2.26. The lowest BCUT2D eigenvalue weighted by Crippen LogP contribution is -2.22. The van der Waals surface area contributed by atoms with Gasteiger partial charge in [0.25, 0.3) is 5.56 Å². The van der Waals surface area contributed by atoms with E-state index in [4.69, 9.17) is 16.3 Å². The predicted molar refractivity (Wildman–Crippen MR) is 106 cm³/mol. The third-order valence-electron chi connectivity index (χ3n) is 4.01. The van der Waals surface area contributed by atoms with Gasteiger partial charge >= 0.3 is 0 Å². The van der Waals surface area contributed by atoms with Crippen molar-refractivity contribution in [2.24, 2.45) is 0 Å². The zero-order valence-corrected chi connectivity index (χ0v) is 15.5. The standard InChI is InChI=1S/C19H15ClN6O2/c1-28-15-8-4-13(5-9-15)23-16-10-17(27)26(14-6-2-12(20)3-7-14)25-18(16)19-21-11-22-24-19/h2-11,23H,1H3,(H,21,22,24). The molecule has 0 radical (unpaired) electrons. The molecular formula is C19H15ClN6O2. The van der Waals surface area contributed by atoms with Crippen molar-refractivity contribution in [1.82, 2.24) is 25.0 Å². The van der Waals surface area contributed by atoms with Crippen LogP contribution in [0.5, 0.6) is 5.75 Å². The van der Waals surface area contributed by atoms with E-state index in [2.05, 4.69) is 25.6 Å². The van der Waals surface area contributed by atoms with Crippen molar-refractivity contribution in [2.45, 2.75) is 0 Å². The third-order valence-corrected chi connectivity index (χ3v) is 4.26. The Morgan fingerprint density at radius 3 is 2.50 bits per heavy atom. The SMILES string of the molecule is COc1ccc(Nc2cc(=O)n(-c3ccc(Cl)cc3)nc2-c2ncn[nH]2)cc1. The number of nitrogens with one attached hydrogen (secondary N) is 2. The molecule has 0 bridgehead atoms. The normalized spacial score (nSPS) is 10.6. The molecule has 8 nitrogen and oxygen atoms in total. The second-order valence-corrected chi connectivity index (χ2v) is 6.26. The minimum atomic E-state index is -0.304. The molecule has 0 fully saturated rings. The van der Waals surface area contributed by atoms with Crippen LogP contribution in [-0.2, 0) is 0 Å². The summed E-state index contributed by atoms with van der Waals surface area (Å²) in [6, 6.07) is 15.6. The van der Waals surface area contributed by atoms with Gasteiger partial charge in [-0.3, -0.25) is 9.89 Å². The van der Waals surface area contributed by atoms with Gasteiger partial charge < -0.3 is 10.1 Å². The van der Waals surface area contributed by atoms with Gasteiger partial charge in [0, 0.05) is 16.8 Å². The van der Waals surface area contributed by atoms with Crippen LogP contribution in [0.2, 0.25) is 5.02 Å². The molecule has 0 amide bonds. The quantitative estimate of drug-likeness (QED) is 0.538. The number of hydrogen-bond acceptors (Lipinski definition) is 6. The van der Waals surface area contributed by atoms with Gasteiger partial charge in [-0.2, -0.15) is 14.9 Å². The minimum absolute atomic E-state index is 0.304. The maximum atomic E-state index is 12.7. The van der Waals surface area contributed by atoms with Crippen molar-refractivity contribution in [3.05, 3.63) is 76.3 Å². The fraction of sp³-hybridized carbons (Fsp3) is 0.0526. The fourth-order valence-electron chi connectivity index (χ4n) is 2.64. The predicted octanol–water partition coefficient (Wildman–Crippen LogP) is 3.42. The number of benzene rings is 2. The highest BCUT2D eigenvalue weighted by molar-refractivity contribution is 6.30. The molecule has 28 heavy (non-hydrogen) atoms. The Bertz CT molecular complexity index is 1140. The van der Waals surface area contributed by atoms with Crippen LogP contribution in [0, 0.1) is 0 Å². The molecule has 0 aliphatic heterocycles. The van der Waals surface area contributed by atoms with Crippen LogP contribution in [0.3, 0.4) is 0 Å². The number of H-pyrrole nitrogens is 1. The highest BCUT2D eigenvalue weighted by atomic mass is 35.5. The number of hydrogen-bond donors (Lipinski definition) is 2. The second kappa shape index (κ2) is 7.53. The monoisotopic (exact) mass is 394 g/mol. The van der Waals surface area contributed by atoms with Gasteiger partial charge in [0.05, 0.1) is 18.5 Å². The molecule has 0 saturated carbocycles. The fourth-order valence-corrected chi connectivity index (χ4v) is 2.77. The van der Waals surface area contributed by atoms with Gasteiger partial charge in [0.15, 0.2) is 11.5 Å². The maximum Gasteiger partial charge on any atom is 0.273 e. The first-order valence-corrected chi connectivity index (χ1v) is 8.69. The Kier molecular flexibility index (Phi) is 4.77. The van der Waals surface area contributed by atoms with E-state index in [0.717, 1.165) is 11.4 Å². The number of anilines is 2. The van der Waals surface area contributed by atoms with Crippen LogP contribution < -0.4 is 15.6 Å². The number of methoxy groups -OCH3 is 1. The van der Waals surface area contributed by atoms with Crippen molar-refractivity contribution in [1.29, 1.82) is 0 Å². The van der Waals surface area contributed by atoms with Crippen LogP contribution in [0.1, 0.15) is 0 Å². The van der Waals surface area contributed by atoms with E-state index in [-0.39, 0.29) is 5.56 Å². The third kappa shape index (κ3) is 3.58. The lowest BCUT2D eigenvalue weighted by atomic mass is 10.2. The first-order valence-electron chi connectivity index (χ1n) is 8.31. The zero-order chi connectivity index (χ0) is 19.5. The number of ether oxygens (including phenoxy) is 1. The number of aromatic nitrogens is 5. The van der Waals surface area contributed by atoms with Crippen molar-refractivity contribution in [3.8, 4) is 23.0 Å². The molecule has 140 valence electrons. The minimum Gasteiger partial charge on any atom is -0.497 e. The Balaban J connectivity index is 1.80. The van der Waals surface area contributed by atoms with E-state index >= 15 is 0 Å². The smallest absolute Gasteiger partial charge is 0.273 e. The van der Waals surface area contributed by atoms with Gasteiger partial charge in [0.2, 0.25) is 0 Å². The number of nitrogens with zero attached hydrogens (tertiary/aromatic N) is 4. The molecule has 9 heteroatoms. The van der Waals surface area contributed by atoms with E-state index in [0.29, 0.717) is 27.9 Å². The molecule has 0 unspecified atom stereocenters. The van der Waals surface area contributed by atoms with E-state index in [9.17, 15) is 4.79 Å². The van der Waals surface area contributed by atoms with Crippen molar-refractivity contribution >= 4 is 23.0 Å². The maximum absolute atomic E-state index is 12.7. The summed E-state index contributed by atoms with van der Waals surface area (Å²) in [6.45, 7) is 0. The molecule has 0 atom stereocenters. The average molecular weight is 395 g/mol. The molecule has 2 aromatic heterocycles. The van der Waals surface area contributed by atoms with E-state index in [1.807, 2.05) is 24.3 Å². The van der Waals surface area contributed by atoms with Crippen molar-refractivity contribution < 1.29 is 4.74 Å². The number of halogens is 1. The molecule has 2 N–H and O–H groups in total. The van der Waals surface area contributed by atoms with Crippen LogP contribution in [0.15, 0.2) is 65.7 Å². The topological polar surface area (TPSA) is 97.7 Å². The molecule has 0 saturated heterocycles. The summed E-state index contributed by atoms with van der Waals surface area (Å²) in [6.07, 6.45) is 1.38. The summed E-state index contributed by atoms with van der Waals surface area (Å²) in [5.74, 6) is 1.16. The van der Waals surface area contributed by atoms with Crippen LogP contribution in [0.4, 0.5) is 11.4 Å². The molecule has 0 spiro atoms. The number of rotatable bonds is 5. The molecule has 4 aromatic rings. The molecule has 4 rings (SSSR count). The Morgan fingerprint density at radius 2 is 1.86 bits per heavy atom. The summed E-state index contributed by atoms with van der Waals surface area (Å²) < 4.78 is 6.45. The second-order valence-electron chi connectivity index (χ2n) is 5.82. The highest BCUT2D eigenvalue weighted by Gasteiger charge is 2.15. The van der Waals surface area contributed by atoms with E-state index < -0.39 is 0 Å². The molecular weight excluding hydrogens is 380 g/mol. The van der Waals surface area contributed by atoms with Gasteiger partial charge in [-0.15, -0.1) is 0 Å². The Labute approximate surface area is 164 Å². The van der Waals surface area contributed by atoms with Gasteiger partial charge in [-0.1, -0.05) is 11.6 Å². The van der Waals surface area contributed by atoms with E-state index in [1.54, 1.807) is 31.4 Å². The molecule has 0 aliphatic carbocycles.